The van der Waals surface area contributed by atoms with Gasteiger partial charge in [-0.2, -0.15) is 0 Å². The fourth-order valence-corrected chi connectivity index (χ4v) is 4.22. The van der Waals surface area contributed by atoms with Crippen molar-refractivity contribution in [2.75, 3.05) is 25.4 Å². The van der Waals surface area contributed by atoms with Crippen LogP contribution in [0.5, 0.6) is 0 Å². The minimum absolute atomic E-state index is 0.0362. The number of hydrogen-bond acceptors (Lipinski definition) is 5. The Kier molecular flexibility index (Phi) is 6.32. The van der Waals surface area contributed by atoms with E-state index in [0.29, 0.717) is 5.56 Å². The number of piperidine rings is 1. The maximum Gasteiger partial charge on any atom is 0.289 e. The van der Waals surface area contributed by atoms with Gasteiger partial charge in [-0.05, 0) is 50.0 Å². The van der Waals surface area contributed by atoms with Gasteiger partial charge in [0.05, 0.1) is 12.3 Å². The summed E-state index contributed by atoms with van der Waals surface area (Å²) in [5.41, 5.74) is 1.43. The molecule has 2 aliphatic heterocycles. The highest BCUT2D eigenvalue weighted by Crippen LogP contribution is 2.22. The minimum Gasteiger partial charge on any atom is -0.336 e. The molecule has 0 atom stereocenters. The number of carbonyl (C=O) groups excluding carboxylic acids is 3. The Balaban J connectivity index is 1.75. The summed E-state index contributed by atoms with van der Waals surface area (Å²) in [4.78, 5) is 40.0. The molecule has 1 aromatic carbocycles. The maximum absolute atomic E-state index is 13.1. The average Bonchev–Trinajstić information content (AvgIpc) is 2.98. The highest BCUT2D eigenvalue weighted by Gasteiger charge is 2.30. The van der Waals surface area contributed by atoms with Crippen LogP contribution in [0.4, 0.5) is 4.79 Å². The largest absolute Gasteiger partial charge is 0.336 e. The standard InChI is InChI=1S/C19H25N3O3S/c1-2-10-21(16-6-8-20-9-7-16)18(24)15-5-3-4-14(11-15)12-22-17(23)13-26-19(22)25/h3-5,11,16,20H,2,6-10,12-13H2,1H3. The quantitative estimate of drug-likeness (QED) is 0.827. The molecule has 1 N–H and O–H groups in total. The van der Waals surface area contributed by atoms with Gasteiger partial charge in [-0.25, -0.2) is 0 Å². The molecule has 0 unspecified atom stereocenters. The number of nitrogens with zero attached hydrogens (tertiary/aromatic N) is 2. The molecule has 0 bridgehead atoms. The highest BCUT2D eigenvalue weighted by atomic mass is 32.2. The van der Waals surface area contributed by atoms with Gasteiger partial charge >= 0.3 is 0 Å². The van der Waals surface area contributed by atoms with E-state index >= 15 is 0 Å². The van der Waals surface area contributed by atoms with Crippen LogP contribution in [0, 0.1) is 0 Å². The second-order valence-corrected chi connectivity index (χ2v) is 7.64. The zero-order valence-electron chi connectivity index (χ0n) is 15.1. The molecule has 6 nitrogen and oxygen atoms in total. The summed E-state index contributed by atoms with van der Waals surface area (Å²) in [6.45, 7) is 4.94. The van der Waals surface area contributed by atoms with Crippen LogP contribution in [0.1, 0.15) is 42.1 Å². The lowest BCUT2D eigenvalue weighted by atomic mass is 10.0. The molecule has 7 heteroatoms. The van der Waals surface area contributed by atoms with E-state index in [4.69, 9.17) is 0 Å². The molecule has 140 valence electrons. The molecule has 3 rings (SSSR count). The second kappa shape index (κ2) is 8.68. The van der Waals surface area contributed by atoms with Gasteiger partial charge in [0.25, 0.3) is 11.1 Å². The monoisotopic (exact) mass is 375 g/mol. The van der Waals surface area contributed by atoms with Crippen LogP contribution in [0.15, 0.2) is 24.3 Å². The summed E-state index contributed by atoms with van der Waals surface area (Å²) in [5.74, 6) is 0.0744. The van der Waals surface area contributed by atoms with Crippen LogP contribution in [0.3, 0.4) is 0 Å². The summed E-state index contributed by atoms with van der Waals surface area (Å²) in [7, 11) is 0. The summed E-state index contributed by atoms with van der Waals surface area (Å²) >= 11 is 1.03. The molecule has 0 saturated carbocycles. The van der Waals surface area contributed by atoms with Gasteiger partial charge in [-0.15, -0.1) is 0 Å². The lowest BCUT2D eigenvalue weighted by Gasteiger charge is -2.34. The summed E-state index contributed by atoms with van der Waals surface area (Å²) in [6.07, 6.45) is 2.86. The molecule has 3 amide bonds. The van der Waals surface area contributed by atoms with Crippen LogP contribution >= 0.6 is 11.8 Å². The van der Waals surface area contributed by atoms with E-state index in [0.717, 1.165) is 56.2 Å². The SMILES string of the molecule is CCCN(C(=O)c1cccc(CN2C(=O)CSC2=O)c1)C1CCNCC1. The zero-order chi connectivity index (χ0) is 18.5. The second-order valence-electron chi connectivity index (χ2n) is 6.71. The number of benzene rings is 1. The Morgan fingerprint density at radius 2 is 2.08 bits per heavy atom. The number of rotatable bonds is 6. The minimum atomic E-state index is -0.214. The number of nitrogens with one attached hydrogen (secondary N) is 1. The van der Waals surface area contributed by atoms with E-state index in [2.05, 4.69) is 12.2 Å². The van der Waals surface area contributed by atoms with Crippen molar-refractivity contribution in [1.82, 2.24) is 15.1 Å². The van der Waals surface area contributed by atoms with Gasteiger partial charge in [0, 0.05) is 18.2 Å². The molecule has 0 aliphatic carbocycles. The van der Waals surface area contributed by atoms with Gasteiger partial charge in [0.15, 0.2) is 0 Å². The average molecular weight is 375 g/mol. The molecule has 0 aromatic heterocycles. The Morgan fingerprint density at radius 3 is 2.73 bits per heavy atom. The van der Waals surface area contributed by atoms with Crippen LogP contribution < -0.4 is 5.32 Å². The Morgan fingerprint density at radius 1 is 1.31 bits per heavy atom. The van der Waals surface area contributed by atoms with E-state index < -0.39 is 0 Å². The van der Waals surface area contributed by atoms with Crippen molar-refractivity contribution in [2.24, 2.45) is 0 Å². The van der Waals surface area contributed by atoms with Crippen molar-refractivity contribution in [3.63, 3.8) is 0 Å². The molecule has 0 radical (unpaired) electrons. The van der Waals surface area contributed by atoms with E-state index in [1.807, 2.05) is 29.2 Å². The first-order valence-corrected chi connectivity index (χ1v) is 10.2. The van der Waals surface area contributed by atoms with Crippen LogP contribution in [-0.2, 0) is 11.3 Å². The van der Waals surface area contributed by atoms with Crippen molar-refractivity contribution in [3.05, 3.63) is 35.4 Å². The number of hydrogen-bond donors (Lipinski definition) is 1. The van der Waals surface area contributed by atoms with E-state index in [1.54, 1.807) is 0 Å². The smallest absolute Gasteiger partial charge is 0.289 e. The lowest BCUT2D eigenvalue weighted by Crippen LogP contribution is -2.46. The van der Waals surface area contributed by atoms with Crippen molar-refractivity contribution >= 4 is 28.8 Å². The maximum atomic E-state index is 13.1. The predicted molar refractivity (Wildman–Crippen MR) is 102 cm³/mol. The number of amides is 3. The van der Waals surface area contributed by atoms with Crippen molar-refractivity contribution < 1.29 is 14.4 Å². The predicted octanol–water partition coefficient (Wildman–Crippen LogP) is 2.49. The Hall–Kier alpha value is -1.86. The molecule has 2 aliphatic rings. The topological polar surface area (TPSA) is 69.7 Å². The summed E-state index contributed by atoms with van der Waals surface area (Å²) < 4.78 is 0. The van der Waals surface area contributed by atoms with E-state index in [-0.39, 0.29) is 35.4 Å². The third-order valence-corrected chi connectivity index (χ3v) is 5.69. The molecular weight excluding hydrogens is 350 g/mol. The van der Waals surface area contributed by atoms with E-state index in [1.165, 1.54) is 4.90 Å². The van der Waals surface area contributed by atoms with Gasteiger partial charge < -0.3 is 10.2 Å². The van der Waals surface area contributed by atoms with Crippen LogP contribution in [0.25, 0.3) is 0 Å². The van der Waals surface area contributed by atoms with Crippen molar-refractivity contribution in [3.8, 4) is 0 Å². The summed E-state index contributed by atoms with van der Waals surface area (Å²) in [5, 5.41) is 3.13. The molecule has 2 heterocycles. The number of carbonyl (C=O) groups is 3. The molecule has 0 spiro atoms. The summed E-state index contributed by atoms with van der Waals surface area (Å²) in [6, 6.07) is 7.58. The lowest BCUT2D eigenvalue weighted by molar-refractivity contribution is -0.125. The normalized spacial score (nSPS) is 18.4. The van der Waals surface area contributed by atoms with Crippen molar-refractivity contribution in [2.45, 2.75) is 38.8 Å². The molecular formula is C19H25N3O3S. The van der Waals surface area contributed by atoms with Gasteiger partial charge in [-0.1, -0.05) is 30.8 Å². The first kappa shape index (κ1) is 18.9. The van der Waals surface area contributed by atoms with Gasteiger partial charge in [0.1, 0.15) is 0 Å². The fourth-order valence-electron chi connectivity index (χ4n) is 3.49. The van der Waals surface area contributed by atoms with Crippen LogP contribution in [0.2, 0.25) is 0 Å². The molecule has 2 fully saturated rings. The molecule has 2 saturated heterocycles. The number of imide groups is 1. The van der Waals surface area contributed by atoms with Crippen molar-refractivity contribution in [1.29, 1.82) is 0 Å². The fraction of sp³-hybridized carbons (Fsp3) is 0.526. The first-order chi connectivity index (χ1) is 12.6. The molecule has 1 aromatic rings. The number of thioether (sulfide) groups is 1. The molecule has 26 heavy (non-hydrogen) atoms. The Labute approximate surface area is 158 Å². The van der Waals surface area contributed by atoms with Gasteiger partial charge in [-0.3, -0.25) is 19.3 Å². The van der Waals surface area contributed by atoms with Crippen LogP contribution in [-0.4, -0.2) is 58.3 Å². The third kappa shape index (κ3) is 4.27. The first-order valence-electron chi connectivity index (χ1n) is 9.18. The zero-order valence-corrected chi connectivity index (χ0v) is 15.9. The van der Waals surface area contributed by atoms with Gasteiger partial charge in [0.2, 0.25) is 5.91 Å². The van der Waals surface area contributed by atoms with E-state index in [9.17, 15) is 14.4 Å². The Bertz CT molecular complexity index is 672. The highest BCUT2D eigenvalue weighted by molar-refractivity contribution is 8.14. The third-order valence-electron chi connectivity index (χ3n) is 4.83.